The molecule has 4 heteroatoms. The van der Waals surface area contributed by atoms with Gasteiger partial charge in [-0.1, -0.05) is 32.0 Å². The van der Waals surface area contributed by atoms with E-state index in [9.17, 15) is 4.79 Å². The van der Waals surface area contributed by atoms with Crippen LogP contribution in [0.15, 0.2) is 24.3 Å². The number of hydrogen-bond acceptors (Lipinski definition) is 3. The van der Waals surface area contributed by atoms with Gasteiger partial charge in [0.1, 0.15) is 5.75 Å². The molecule has 0 aromatic heterocycles. The van der Waals surface area contributed by atoms with Crippen LogP contribution in [0, 0.1) is 11.8 Å². The van der Waals surface area contributed by atoms with E-state index in [1.165, 1.54) is 0 Å². The minimum atomic E-state index is 0.0482. The molecule has 20 heavy (non-hydrogen) atoms. The van der Waals surface area contributed by atoms with Crippen molar-refractivity contribution in [2.24, 2.45) is 17.6 Å². The summed E-state index contributed by atoms with van der Waals surface area (Å²) in [6.45, 7) is 5.34. The highest BCUT2D eigenvalue weighted by atomic mass is 16.5. The van der Waals surface area contributed by atoms with Gasteiger partial charge in [-0.15, -0.1) is 0 Å². The highest BCUT2D eigenvalue weighted by Gasteiger charge is 2.14. The molecular formula is C16H26N2O2. The molecule has 0 radical (unpaired) electrons. The summed E-state index contributed by atoms with van der Waals surface area (Å²) in [6, 6.07) is 7.69. The Balaban J connectivity index is 2.46. The van der Waals surface area contributed by atoms with Crippen molar-refractivity contribution < 1.29 is 9.53 Å². The van der Waals surface area contributed by atoms with E-state index in [0.717, 1.165) is 17.7 Å². The number of nitrogens with two attached hydrogens (primary N) is 1. The van der Waals surface area contributed by atoms with E-state index >= 15 is 0 Å². The van der Waals surface area contributed by atoms with Crippen molar-refractivity contribution in [2.45, 2.75) is 33.2 Å². The van der Waals surface area contributed by atoms with Crippen LogP contribution in [0.2, 0.25) is 0 Å². The molecule has 0 bridgehead atoms. The van der Waals surface area contributed by atoms with E-state index in [1.807, 2.05) is 24.3 Å². The fourth-order valence-electron chi connectivity index (χ4n) is 2.31. The number of methoxy groups -OCH3 is 1. The summed E-state index contributed by atoms with van der Waals surface area (Å²) >= 11 is 0. The Morgan fingerprint density at radius 3 is 2.65 bits per heavy atom. The van der Waals surface area contributed by atoms with Gasteiger partial charge in [0.25, 0.3) is 0 Å². The summed E-state index contributed by atoms with van der Waals surface area (Å²) in [5, 5.41) is 2.94. The van der Waals surface area contributed by atoms with E-state index in [0.29, 0.717) is 25.4 Å². The number of para-hydroxylation sites is 1. The molecule has 0 fully saturated rings. The third kappa shape index (κ3) is 5.61. The molecule has 4 nitrogen and oxygen atoms in total. The lowest BCUT2D eigenvalue weighted by atomic mass is 9.94. The molecule has 0 heterocycles. The first-order valence-corrected chi connectivity index (χ1v) is 7.15. The van der Waals surface area contributed by atoms with Crippen molar-refractivity contribution in [1.82, 2.24) is 5.32 Å². The monoisotopic (exact) mass is 278 g/mol. The number of rotatable bonds is 8. The summed E-state index contributed by atoms with van der Waals surface area (Å²) in [6.07, 6.45) is 1.47. The molecule has 1 atom stereocenters. The molecule has 112 valence electrons. The Morgan fingerprint density at radius 2 is 2.05 bits per heavy atom. The zero-order chi connectivity index (χ0) is 15.0. The number of amides is 1. The highest BCUT2D eigenvalue weighted by Crippen LogP contribution is 2.17. The van der Waals surface area contributed by atoms with Crippen LogP contribution in [0.25, 0.3) is 0 Å². The van der Waals surface area contributed by atoms with Crippen LogP contribution in [0.5, 0.6) is 5.75 Å². The molecule has 1 amide bonds. The average molecular weight is 278 g/mol. The number of carbonyl (C=O) groups excluding carboxylic acids is 1. The van der Waals surface area contributed by atoms with Crippen LogP contribution >= 0.6 is 0 Å². The van der Waals surface area contributed by atoms with Gasteiger partial charge in [0.2, 0.25) is 5.91 Å². The Labute approximate surface area is 121 Å². The first kappa shape index (κ1) is 16.5. The molecule has 0 aliphatic rings. The van der Waals surface area contributed by atoms with Crippen LogP contribution in [0.4, 0.5) is 0 Å². The normalized spacial score (nSPS) is 12.2. The van der Waals surface area contributed by atoms with Gasteiger partial charge in [-0.05, 0) is 30.9 Å². The Hall–Kier alpha value is -1.55. The largest absolute Gasteiger partial charge is 0.496 e. The summed E-state index contributed by atoms with van der Waals surface area (Å²) in [5.41, 5.74) is 6.71. The summed E-state index contributed by atoms with van der Waals surface area (Å²) in [4.78, 5) is 12.0. The van der Waals surface area contributed by atoms with Crippen LogP contribution < -0.4 is 15.8 Å². The Morgan fingerprint density at radius 1 is 1.35 bits per heavy atom. The number of carbonyl (C=O) groups is 1. The van der Waals surface area contributed by atoms with E-state index in [-0.39, 0.29) is 11.8 Å². The standard InChI is InChI=1S/C16H26N2O2/c1-12(2)8-13(10-17)9-16(19)18-11-14-6-4-5-7-15(14)20-3/h4-7,12-13H,8-11,17H2,1-3H3,(H,18,19). The molecule has 0 saturated carbocycles. The molecule has 1 unspecified atom stereocenters. The topological polar surface area (TPSA) is 64.3 Å². The number of ether oxygens (including phenoxy) is 1. The lowest BCUT2D eigenvalue weighted by Gasteiger charge is -2.17. The smallest absolute Gasteiger partial charge is 0.220 e. The number of benzene rings is 1. The second-order valence-electron chi connectivity index (χ2n) is 5.52. The van der Waals surface area contributed by atoms with Crippen molar-refractivity contribution in [3.05, 3.63) is 29.8 Å². The molecule has 0 aliphatic heterocycles. The molecule has 1 rings (SSSR count). The van der Waals surface area contributed by atoms with Gasteiger partial charge in [0.05, 0.1) is 7.11 Å². The molecule has 3 N–H and O–H groups in total. The van der Waals surface area contributed by atoms with Gasteiger partial charge in [0, 0.05) is 18.5 Å². The van der Waals surface area contributed by atoms with Crippen molar-refractivity contribution in [3.8, 4) is 5.75 Å². The van der Waals surface area contributed by atoms with Gasteiger partial charge in [-0.25, -0.2) is 0 Å². The van der Waals surface area contributed by atoms with Crippen molar-refractivity contribution >= 4 is 5.91 Å². The molecule has 1 aromatic carbocycles. The first-order valence-electron chi connectivity index (χ1n) is 7.15. The lowest BCUT2D eigenvalue weighted by Crippen LogP contribution is -2.28. The molecule has 0 aliphatic carbocycles. The number of nitrogens with one attached hydrogen (secondary N) is 1. The van der Waals surface area contributed by atoms with E-state index in [2.05, 4.69) is 19.2 Å². The van der Waals surface area contributed by atoms with Crippen molar-refractivity contribution in [2.75, 3.05) is 13.7 Å². The fourth-order valence-corrected chi connectivity index (χ4v) is 2.31. The number of hydrogen-bond donors (Lipinski definition) is 2. The van der Waals surface area contributed by atoms with E-state index in [1.54, 1.807) is 7.11 Å². The second-order valence-corrected chi connectivity index (χ2v) is 5.52. The Bertz CT molecular complexity index is 419. The van der Waals surface area contributed by atoms with Gasteiger partial charge in [-0.2, -0.15) is 0 Å². The summed E-state index contributed by atoms with van der Waals surface area (Å²) < 4.78 is 5.26. The minimum Gasteiger partial charge on any atom is -0.496 e. The third-order valence-corrected chi connectivity index (χ3v) is 3.28. The van der Waals surface area contributed by atoms with Crippen LogP contribution in [-0.4, -0.2) is 19.6 Å². The molecule has 0 saturated heterocycles. The fraction of sp³-hybridized carbons (Fsp3) is 0.562. The van der Waals surface area contributed by atoms with Crippen LogP contribution in [0.3, 0.4) is 0 Å². The zero-order valence-corrected chi connectivity index (χ0v) is 12.7. The van der Waals surface area contributed by atoms with Gasteiger partial charge in [0.15, 0.2) is 0 Å². The Kier molecular flexibility index (Phi) is 7.09. The average Bonchev–Trinajstić information content (AvgIpc) is 2.44. The maximum atomic E-state index is 12.0. The zero-order valence-electron chi connectivity index (χ0n) is 12.7. The van der Waals surface area contributed by atoms with Gasteiger partial charge < -0.3 is 15.8 Å². The third-order valence-electron chi connectivity index (χ3n) is 3.28. The quantitative estimate of drug-likeness (QED) is 0.767. The van der Waals surface area contributed by atoms with Gasteiger partial charge in [-0.3, -0.25) is 4.79 Å². The predicted octanol–water partition coefficient (Wildman–Crippen LogP) is 2.32. The lowest BCUT2D eigenvalue weighted by molar-refractivity contribution is -0.122. The SMILES string of the molecule is COc1ccccc1CNC(=O)CC(CN)CC(C)C. The maximum absolute atomic E-state index is 12.0. The van der Waals surface area contributed by atoms with Crippen LogP contribution in [0.1, 0.15) is 32.3 Å². The minimum absolute atomic E-state index is 0.0482. The van der Waals surface area contributed by atoms with Crippen LogP contribution in [-0.2, 0) is 11.3 Å². The summed E-state index contributed by atoms with van der Waals surface area (Å²) in [7, 11) is 1.63. The first-order chi connectivity index (χ1) is 9.56. The molecule has 1 aromatic rings. The summed E-state index contributed by atoms with van der Waals surface area (Å²) in [5.74, 6) is 1.66. The molecule has 0 spiro atoms. The van der Waals surface area contributed by atoms with E-state index < -0.39 is 0 Å². The van der Waals surface area contributed by atoms with Gasteiger partial charge >= 0.3 is 0 Å². The van der Waals surface area contributed by atoms with Crippen molar-refractivity contribution in [3.63, 3.8) is 0 Å². The van der Waals surface area contributed by atoms with E-state index in [4.69, 9.17) is 10.5 Å². The second kappa shape index (κ2) is 8.59. The maximum Gasteiger partial charge on any atom is 0.220 e. The molecular weight excluding hydrogens is 252 g/mol. The van der Waals surface area contributed by atoms with Crippen molar-refractivity contribution in [1.29, 1.82) is 0 Å². The predicted molar refractivity (Wildman–Crippen MR) is 81.5 cm³/mol. The highest BCUT2D eigenvalue weighted by molar-refractivity contribution is 5.76.